The Hall–Kier alpha value is -3.39. The molecule has 3 N–H and O–H groups in total. The summed E-state index contributed by atoms with van der Waals surface area (Å²) in [6.07, 6.45) is 6.87. The van der Waals surface area contributed by atoms with Crippen LogP contribution in [-0.4, -0.2) is 40.9 Å². The molecule has 8 heteroatoms. The van der Waals surface area contributed by atoms with Crippen molar-refractivity contribution < 1.29 is 0 Å². The Morgan fingerprint density at radius 2 is 2.03 bits per heavy atom. The SMILES string of the molecule is Nc1ncnc2c1c(-c1ccc3cn[nH]c3c1)nn2CCSC1CCc2ccccc2C1. The maximum atomic E-state index is 6.26. The minimum absolute atomic E-state index is 0.456. The quantitative estimate of drug-likeness (QED) is 0.423. The summed E-state index contributed by atoms with van der Waals surface area (Å²) in [5.74, 6) is 1.43. The van der Waals surface area contributed by atoms with E-state index in [1.807, 2.05) is 34.8 Å². The number of nitrogens with one attached hydrogen (secondary N) is 1. The number of nitrogen functional groups attached to an aromatic ring is 1. The van der Waals surface area contributed by atoms with Crippen molar-refractivity contribution in [3.63, 3.8) is 0 Å². The number of rotatable bonds is 5. The molecule has 1 aliphatic rings. The Balaban J connectivity index is 1.25. The van der Waals surface area contributed by atoms with E-state index in [9.17, 15) is 0 Å². The molecule has 0 saturated carbocycles. The third-order valence-corrected chi connectivity index (χ3v) is 7.52. The molecule has 7 nitrogen and oxygen atoms in total. The van der Waals surface area contributed by atoms with Gasteiger partial charge in [0, 0.05) is 22.0 Å². The molecule has 160 valence electrons. The smallest absolute Gasteiger partial charge is 0.163 e. The second-order valence-corrected chi connectivity index (χ2v) is 9.61. The Morgan fingerprint density at radius 1 is 1.12 bits per heavy atom. The van der Waals surface area contributed by atoms with Crippen LogP contribution in [0.4, 0.5) is 5.82 Å². The van der Waals surface area contributed by atoms with Gasteiger partial charge in [0.05, 0.1) is 23.6 Å². The monoisotopic (exact) mass is 441 g/mol. The zero-order valence-corrected chi connectivity index (χ0v) is 18.3. The molecule has 1 atom stereocenters. The third-order valence-electron chi connectivity index (χ3n) is 6.23. The first-order valence-electron chi connectivity index (χ1n) is 10.8. The summed E-state index contributed by atoms with van der Waals surface area (Å²) in [6.45, 7) is 0.780. The second-order valence-electron chi connectivity index (χ2n) is 8.21. The standard InChI is InChI=1S/C24H23N7S/c25-23-21-22(17-5-6-18-13-28-29-20(18)12-17)30-31(24(21)27-14-26-23)9-10-32-19-8-7-15-3-1-2-4-16(15)11-19/h1-6,12-14,19H,7-11H2,(H,28,29)(H2,25,26,27). The van der Waals surface area contributed by atoms with E-state index < -0.39 is 0 Å². The van der Waals surface area contributed by atoms with Crippen molar-refractivity contribution in [1.29, 1.82) is 0 Å². The first-order chi connectivity index (χ1) is 15.8. The highest BCUT2D eigenvalue weighted by Gasteiger charge is 2.20. The van der Waals surface area contributed by atoms with Crippen molar-refractivity contribution in [2.24, 2.45) is 0 Å². The van der Waals surface area contributed by atoms with Crippen LogP contribution in [0.1, 0.15) is 17.5 Å². The molecule has 32 heavy (non-hydrogen) atoms. The van der Waals surface area contributed by atoms with Gasteiger partial charge in [0.25, 0.3) is 0 Å². The lowest BCUT2D eigenvalue weighted by Gasteiger charge is -2.24. The average molecular weight is 442 g/mol. The van der Waals surface area contributed by atoms with Gasteiger partial charge in [0.2, 0.25) is 0 Å². The molecule has 0 aliphatic heterocycles. The number of aromatic nitrogens is 6. The maximum Gasteiger partial charge on any atom is 0.163 e. The van der Waals surface area contributed by atoms with Gasteiger partial charge < -0.3 is 5.73 Å². The van der Waals surface area contributed by atoms with Gasteiger partial charge >= 0.3 is 0 Å². The predicted molar refractivity (Wildman–Crippen MR) is 130 cm³/mol. The Labute approximate surface area is 189 Å². The number of anilines is 1. The molecule has 0 radical (unpaired) electrons. The molecule has 3 aromatic heterocycles. The average Bonchev–Trinajstić information content (AvgIpc) is 3.44. The summed E-state index contributed by atoms with van der Waals surface area (Å²) in [5, 5.41) is 14.6. The fraction of sp³-hybridized carbons (Fsp3) is 0.250. The summed E-state index contributed by atoms with van der Waals surface area (Å²) in [4.78, 5) is 8.74. The molecule has 3 heterocycles. The van der Waals surface area contributed by atoms with Crippen molar-refractivity contribution in [3.05, 3.63) is 66.1 Å². The summed E-state index contributed by atoms with van der Waals surface area (Å²) in [7, 11) is 0. The van der Waals surface area contributed by atoms with Gasteiger partial charge in [-0.25, -0.2) is 14.6 Å². The van der Waals surface area contributed by atoms with Gasteiger partial charge in [-0.05, 0) is 36.5 Å². The van der Waals surface area contributed by atoms with Crippen molar-refractivity contribution in [1.82, 2.24) is 29.9 Å². The molecular weight excluding hydrogens is 418 g/mol. The van der Waals surface area contributed by atoms with Crippen molar-refractivity contribution in [3.8, 4) is 11.3 Å². The molecule has 5 aromatic rings. The van der Waals surface area contributed by atoms with E-state index in [4.69, 9.17) is 10.8 Å². The van der Waals surface area contributed by atoms with Gasteiger partial charge in [-0.3, -0.25) is 5.10 Å². The summed E-state index contributed by atoms with van der Waals surface area (Å²) in [5.41, 5.74) is 12.8. The summed E-state index contributed by atoms with van der Waals surface area (Å²) >= 11 is 2.03. The van der Waals surface area contributed by atoms with Crippen LogP contribution < -0.4 is 5.73 Å². The highest BCUT2D eigenvalue weighted by atomic mass is 32.2. The van der Waals surface area contributed by atoms with Gasteiger partial charge in [-0.15, -0.1) is 0 Å². The minimum Gasteiger partial charge on any atom is -0.383 e. The van der Waals surface area contributed by atoms with Crippen LogP contribution in [0.2, 0.25) is 0 Å². The molecule has 0 bridgehead atoms. The predicted octanol–water partition coefficient (Wildman–Crippen LogP) is 4.24. The Bertz CT molecular complexity index is 1420. The third kappa shape index (κ3) is 3.40. The lowest BCUT2D eigenvalue weighted by atomic mass is 9.92. The Morgan fingerprint density at radius 3 is 2.97 bits per heavy atom. The van der Waals surface area contributed by atoms with Gasteiger partial charge in [0.15, 0.2) is 5.65 Å². The van der Waals surface area contributed by atoms with Crippen LogP contribution in [0.25, 0.3) is 33.2 Å². The molecule has 6 rings (SSSR count). The molecule has 0 fully saturated rings. The number of hydrogen-bond acceptors (Lipinski definition) is 6. The van der Waals surface area contributed by atoms with E-state index in [1.54, 1.807) is 0 Å². The van der Waals surface area contributed by atoms with Crippen molar-refractivity contribution in [2.75, 3.05) is 11.5 Å². The number of aromatic amines is 1. The normalized spacial score (nSPS) is 15.9. The first kappa shape index (κ1) is 19.3. The Kier molecular flexibility index (Phi) is 4.79. The largest absolute Gasteiger partial charge is 0.383 e. The summed E-state index contributed by atoms with van der Waals surface area (Å²) in [6, 6.07) is 15.0. The van der Waals surface area contributed by atoms with Gasteiger partial charge in [-0.2, -0.15) is 22.0 Å². The van der Waals surface area contributed by atoms with Gasteiger partial charge in [-0.1, -0.05) is 36.4 Å². The molecule has 2 aromatic carbocycles. The van der Waals surface area contributed by atoms with Crippen LogP contribution in [0.3, 0.4) is 0 Å². The number of benzene rings is 2. The number of nitrogens with two attached hydrogens (primary N) is 1. The number of hydrogen-bond donors (Lipinski definition) is 2. The lowest BCUT2D eigenvalue weighted by molar-refractivity contribution is 0.674. The van der Waals surface area contributed by atoms with E-state index in [-0.39, 0.29) is 0 Å². The van der Waals surface area contributed by atoms with E-state index >= 15 is 0 Å². The van der Waals surface area contributed by atoms with Crippen molar-refractivity contribution in [2.45, 2.75) is 31.1 Å². The number of fused-ring (bicyclic) bond motifs is 3. The highest BCUT2D eigenvalue weighted by Crippen LogP contribution is 2.33. The number of H-pyrrole nitrogens is 1. The molecule has 1 aliphatic carbocycles. The van der Waals surface area contributed by atoms with Crippen molar-refractivity contribution >= 4 is 39.5 Å². The fourth-order valence-corrected chi connectivity index (χ4v) is 5.78. The highest BCUT2D eigenvalue weighted by molar-refractivity contribution is 7.99. The van der Waals surface area contributed by atoms with Crippen LogP contribution >= 0.6 is 11.8 Å². The topological polar surface area (TPSA) is 98.3 Å². The van der Waals surface area contributed by atoms with E-state index in [0.717, 1.165) is 51.9 Å². The number of aryl methyl sites for hydroxylation is 2. The van der Waals surface area contributed by atoms with Crippen LogP contribution in [-0.2, 0) is 19.4 Å². The molecule has 0 amide bonds. The maximum absolute atomic E-state index is 6.26. The number of nitrogens with zero attached hydrogens (tertiary/aromatic N) is 5. The molecule has 0 spiro atoms. The number of thioether (sulfide) groups is 1. The molecular formula is C24H23N7S. The van der Waals surface area contributed by atoms with Crippen LogP contribution in [0, 0.1) is 0 Å². The van der Waals surface area contributed by atoms with E-state index in [0.29, 0.717) is 11.1 Å². The minimum atomic E-state index is 0.456. The van der Waals surface area contributed by atoms with Crippen LogP contribution in [0.15, 0.2) is 55.0 Å². The molecule has 0 saturated heterocycles. The summed E-state index contributed by atoms with van der Waals surface area (Å²) < 4.78 is 1.98. The van der Waals surface area contributed by atoms with Crippen LogP contribution in [0.5, 0.6) is 0 Å². The molecule has 1 unspecified atom stereocenters. The first-order valence-corrected chi connectivity index (χ1v) is 11.9. The zero-order valence-electron chi connectivity index (χ0n) is 17.5. The van der Waals surface area contributed by atoms with E-state index in [1.165, 1.54) is 30.3 Å². The van der Waals surface area contributed by atoms with Gasteiger partial charge in [0.1, 0.15) is 17.8 Å². The lowest BCUT2D eigenvalue weighted by Crippen LogP contribution is -2.17. The van der Waals surface area contributed by atoms with E-state index in [2.05, 4.69) is 50.5 Å². The second kappa shape index (κ2) is 7.94. The zero-order chi connectivity index (χ0) is 21.5. The fourth-order valence-electron chi connectivity index (χ4n) is 4.59.